The SMILES string of the molecule is CC(=O)Nc1ccc(C(=O)N2CC(COCC3CC3)C3(CCOCC3)C2)cc1. The Morgan fingerprint density at radius 1 is 1.18 bits per heavy atom. The van der Waals surface area contributed by atoms with Crippen LogP contribution in [0.5, 0.6) is 0 Å². The van der Waals surface area contributed by atoms with E-state index in [1.54, 1.807) is 24.3 Å². The Balaban J connectivity index is 1.43. The third-order valence-electron chi connectivity index (χ3n) is 6.41. The van der Waals surface area contributed by atoms with Crippen LogP contribution in [0.1, 0.15) is 43.0 Å². The van der Waals surface area contributed by atoms with Crippen LogP contribution in [0.3, 0.4) is 0 Å². The highest BCUT2D eigenvalue weighted by Crippen LogP contribution is 2.45. The summed E-state index contributed by atoms with van der Waals surface area (Å²) in [4.78, 5) is 26.3. The third-order valence-corrected chi connectivity index (χ3v) is 6.41. The highest BCUT2D eigenvalue weighted by molar-refractivity contribution is 5.95. The second-order valence-electron chi connectivity index (χ2n) is 8.60. The Hall–Kier alpha value is -1.92. The number of nitrogens with zero attached hydrogens (tertiary/aromatic N) is 1. The third kappa shape index (κ3) is 4.39. The van der Waals surface area contributed by atoms with Gasteiger partial charge in [0.05, 0.1) is 6.61 Å². The monoisotopic (exact) mass is 386 g/mol. The van der Waals surface area contributed by atoms with E-state index < -0.39 is 0 Å². The molecule has 6 nitrogen and oxygen atoms in total. The van der Waals surface area contributed by atoms with Crippen LogP contribution in [0.25, 0.3) is 0 Å². The van der Waals surface area contributed by atoms with Crippen LogP contribution < -0.4 is 5.32 Å². The van der Waals surface area contributed by atoms with Crippen molar-refractivity contribution < 1.29 is 19.1 Å². The molecule has 1 atom stereocenters. The van der Waals surface area contributed by atoms with Crippen molar-refractivity contribution in [1.82, 2.24) is 4.90 Å². The van der Waals surface area contributed by atoms with E-state index in [0.717, 1.165) is 58.3 Å². The van der Waals surface area contributed by atoms with Crippen molar-refractivity contribution in [3.63, 3.8) is 0 Å². The van der Waals surface area contributed by atoms with Crippen LogP contribution in [0.2, 0.25) is 0 Å². The van der Waals surface area contributed by atoms with E-state index in [2.05, 4.69) is 5.32 Å². The summed E-state index contributed by atoms with van der Waals surface area (Å²) in [6.45, 7) is 6.14. The summed E-state index contributed by atoms with van der Waals surface area (Å²) in [5, 5.41) is 2.74. The quantitative estimate of drug-likeness (QED) is 0.816. The van der Waals surface area contributed by atoms with Gasteiger partial charge in [0.15, 0.2) is 0 Å². The van der Waals surface area contributed by atoms with Gasteiger partial charge in [-0.2, -0.15) is 0 Å². The Morgan fingerprint density at radius 2 is 1.89 bits per heavy atom. The fourth-order valence-electron chi connectivity index (χ4n) is 4.51. The van der Waals surface area contributed by atoms with Gasteiger partial charge >= 0.3 is 0 Å². The van der Waals surface area contributed by atoms with E-state index in [9.17, 15) is 9.59 Å². The molecule has 0 aromatic heterocycles. The minimum atomic E-state index is -0.117. The smallest absolute Gasteiger partial charge is 0.253 e. The molecular weight excluding hydrogens is 356 g/mol. The Labute approximate surface area is 166 Å². The van der Waals surface area contributed by atoms with Gasteiger partial charge in [0, 0.05) is 57.0 Å². The minimum Gasteiger partial charge on any atom is -0.381 e. The van der Waals surface area contributed by atoms with Gasteiger partial charge < -0.3 is 19.7 Å². The van der Waals surface area contributed by atoms with E-state index in [1.165, 1.54) is 19.8 Å². The van der Waals surface area contributed by atoms with E-state index in [0.29, 0.717) is 17.2 Å². The molecule has 2 amide bonds. The summed E-state index contributed by atoms with van der Waals surface area (Å²) in [6.07, 6.45) is 4.58. The number of nitrogens with one attached hydrogen (secondary N) is 1. The van der Waals surface area contributed by atoms with Crippen molar-refractivity contribution in [2.75, 3.05) is 44.8 Å². The number of ether oxygens (including phenoxy) is 2. The fraction of sp³-hybridized carbons (Fsp3) is 0.636. The molecule has 28 heavy (non-hydrogen) atoms. The number of hydrogen-bond donors (Lipinski definition) is 1. The predicted molar refractivity (Wildman–Crippen MR) is 106 cm³/mol. The maximum Gasteiger partial charge on any atom is 0.253 e. The number of carbonyl (C=O) groups excluding carboxylic acids is 2. The molecule has 2 aliphatic heterocycles. The highest BCUT2D eigenvalue weighted by atomic mass is 16.5. The maximum absolute atomic E-state index is 13.1. The first-order valence-electron chi connectivity index (χ1n) is 10.4. The predicted octanol–water partition coefficient (Wildman–Crippen LogP) is 2.94. The van der Waals surface area contributed by atoms with E-state index in [1.807, 2.05) is 4.90 Å². The molecule has 1 aromatic rings. The number of hydrogen-bond acceptors (Lipinski definition) is 4. The van der Waals surface area contributed by atoms with E-state index in [-0.39, 0.29) is 17.2 Å². The van der Waals surface area contributed by atoms with E-state index >= 15 is 0 Å². The van der Waals surface area contributed by atoms with Gasteiger partial charge in [0.2, 0.25) is 5.91 Å². The fourth-order valence-corrected chi connectivity index (χ4v) is 4.51. The molecule has 2 heterocycles. The Kier molecular flexibility index (Phi) is 5.69. The molecular formula is C22H30N2O4. The lowest BCUT2D eigenvalue weighted by Gasteiger charge is -2.37. The average Bonchev–Trinajstić information content (AvgIpc) is 3.45. The molecule has 1 N–H and O–H groups in total. The summed E-state index contributed by atoms with van der Waals surface area (Å²) < 4.78 is 11.6. The molecule has 1 aliphatic carbocycles. The van der Waals surface area contributed by atoms with Crippen molar-refractivity contribution in [3.05, 3.63) is 29.8 Å². The summed E-state index contributed by atoms with van der Waals surface area (Å²) in [7, 11) is 0. The highest BCUT2D eigenvalue weighted by Gasteiger charge is 2.48. The average molecular weight is 386 g/mol. The van der Waals surface area contributed by atoms with Crippen LogP contribution >= 0.6 is 0 Å². The van der Waals surface area contributed by atoms with Crippen molar-refractivity contribution in [1.29, 1.82) is 0 Å². The molecule has 1 unspecified atom stereocenters. The molecule has 152 valence electrons. The number of carbonyl (C=O) groups is 2. The molecule has 0 radical (unpaired) electrons. The first kappa shape index (κ1) is 19.4. The lowest BCUT2D eigenvalue weighted by Crippen LogP contribution is -2.39. The Morgan fingerprint density at radius 3 is 2.54 bits per heavy atom. The van der Waals surface area contributed by atoms with Gasteiger partial charge in [-0.1, -0.05) is 0 Å². The van der Waals surface area contributed by atoms with Gasteiger partial charge in [0.25, 0.3) is 5.91 Å². The number of likely N-dealkylation sites (tertiary alicyclic amines) is 1. The van der Waals surface area contributed by atoms with Crippen LogP contribution in [0.4, 0.5) is 5.69 Å². The molecule has 1 spiro atoms. The van der Waals surface area contributed by atoms with Crippen LogP contribution in [0, 0.1) is 17.3 Å². The lowest BCUT2D eigenvalue weighted by atomic mass is 9.72. The number of rotatable bonds is 6. The minimum absolute atomic E-state index is 0.0601. The zero-order valence-electron chi connectivity index (χ0n) is 16.6. The summed E-state index contributed by atoms with van der Waals surface area (Å²) in [6, 6.07) is 7.15. The second-order valence-corrected chi connectivity index (χ2v) is 8.60. The second kappa shape index (κ2) is 8.21. The van der Waals surface area contributed by atoms with Crippen LogP contribution in [-0.4, -0.2) is 56.2 Å². The molecule has 1 saturated carbocycles. The molecule has 0 bridgehead atoms. The zero-order chi connectivity index (χ0) is 19.6. The van der Waals surface area contributed by atoms with Crippen molar-refractivity contribution in [3.8, 4) is 0 Å². The summed E-state index contributed by atoms with van der Waals surface area (Å²) in [5.41, 5.74) is 1.49. The molecule has 3 fully saturated rings. The molecule has 3 aliphatic rings. The summed E-state index contributed by atoms with van der Waals surface area (Å²) in [5.74, 6) is 1.07. The normalized spacial score (nSPS) is 23.8. The van der Waals surface area contributed by atoms with Gasteiger partial charge in [0.1, 0.15) is 0 Å². The Bertz CT molecular complexity index is 708. The zero-order valence-corrected chi connectivity index (χ0v) is 16.6. The lowest BCUT2D eigenvalue weighted by molar-refractivity contribution is -0.114. The van der Waals surface area contributed by atoms with Crippen molar-refractivity contribution in [2.24, 2.45) is 17.3 Å². The molecule has 1 aromatic carbocycles. The van der Waals surface area contributed by atoms with Gasteiger partial charge in [-0.05, 0) is 61.3 Å². The van der Waals surface area contributed by atoms with Crippen LogP contribution in [0.15, 0.2) is 24.3 Å². The van der Waals surface area contributed by atoms with Gasteiger partial charge in [-0.25, -0.2) is 0 Å². The number of amides is 2. The van der Waals surface area contributed by atoms with Crippen molar-refractivity contribution >= 4 is 17.5 Å². The first-order chi connectivity index (χ1) is 13.6. The molecule has 2 saturated heterocycles. The standard InChI is InChI=1S/C22H30N2O4/c1-16(25)23-20-6-4-18(5-7-20)21(26)24-12-19(14-28-13-17-2-3-17)22(15-24)8-10-27-11-9-22/h4-7,17,19H,2-3,8-15H2,1H3,(H,23,25). The van der Waals surface area contributed by atoms with Crippen LogP contribution in [-0.2, 0) is 14.3 Å². The van der Waals surface area contributed by atoms with E-state index in [4.69, 9.17) is 9.47 Å². The topological polar surface area (TPSA) is 67.9 Å². The molecule has 4 rings (SSSR count). The summed E-state index contributed by atoms with van der Waals surface area (Å²) >= 11 is 0. The number of benzene rings is 1. The van der Waals surface area contributed by atoms with Gasteiger partial charge in [-0.3, -0.25) is 9.59 Å². The van der Waals surface area contributed by atoms with Crippen molar-refractivity contribution in [2.45, 2.75) is 32.6 Å². The molecule has 6 heteroatoms. The maximum atomic E-state index is 13.1. The van der Waals surface area contributed by atoms with Gasteiger partial charge in [-0.15, -0.1) is 0 Å². The largest absolute Gasteiger partial charge is 0.381 e. The first-order valence-corrected chi connectivity index (χ1v) is 10.4. The number of anilines is 1.